The van der Waals surface area contributed by atoms with E-state index in [4.69, 9.17) is 9.99 Å². The molecule has 26 heavy (non-hydrogen) atoms. The van der Waals surface area contributed by atoms with Gasteiger partial charge in [0.2, 0.25) is 0 Å². The molecular weight excluding hydrogens is 324 g/mol. The maximum absolute atomic E-state index is 8.26. The summed E-state index contributed by atoms with van der Waals surface area (Å²) in [5.74, 6) is 0. The Morgan fingerprint density at radius 2 is 1.38 bits per heavy atom. The topological polar surface area (TPSA) is 38.7 Å². The summed E-state index contributed by atoms with van der Waals surface area (Å²) >= 11 is 0. The first-order valence-corrected chi connectivity index (χ1v) is 10.3. The Morgan fingerprint density at radius 3 is 1.85 bits per heavy atom. The van der Waals surface area contributed by atoms with E-state index in [9.17, 15) is 0 Å². The molecule has 1 aliphatic rings. The molecule has 1 aliphatic carbocycles. The highest BCUT2D eigenvalue weighted by Gasteiger charge is 2.07. The molecule has 148 valence electrons. The average molecular weight is 363 g/mol. The summed E-state index contributed by atoms with van der Waals surface area (Å²) in [6.45, 7) is 1.76. The normalized spacial score (nSPS) is 19.0. The molecule has 0 amide bonds. The van der Waals surface area contributed by atoms with E-state index in [0.29, 0.717) is 6.10 Å². The van der Waals surface area contributed by atoms with Gasteiger partial charge in [0.15, 0.2) is 0 Å². The summed E-state index contributed by atoms with van der Waals surface area (Å²) in [4.78, 5) is 4.09. The molecule has 0 radical (unpaired) electrons. The van der Waals surface area contributed by atoms with Gasteiger partial charge in [-0.15, -0.1) is 0 Å². The minimum Gasteiger partial charge on any atom is -0.381 e. The Balaban J connectivity index is 0.000000263. The quantitative estimate of drug-likeness (QED) is 0.468. The van der Waals surface area contributed by atoms with Crippen LogP contribution < -0.4 is 0 Å². The smallest absolute Gasteiger partial charge is 0.108 e. The Morgan fingerprint density at radius 1 is 0.885 bits per heavy atom. The van der Waals surface area contributed by atoms with E-state index in [2.05, 4.69) is 4.89 Å². The van der Waals surface area contributed by atoms with Gasteiger partial charge in [0.25, 0.3) is 0 Å². The van der Waals surface area contributed by atoms with Gasteiger partial charge >= 0.3 is 0 Å². The van der Waals surface area contributed by atoms with Gasteiger partial charge in [-0.2, -0.15) is 0 Å². The predicted octanol–water partition coefficient (Wildman–Crippen LogP) is 6.88. The van der Waals surface area contributed by atoms with Crippen molar-refractivity contribution in [1.82, 2.24) is 0 Å². The number of rotatable bonds is 4. The van der Waals surface area contributed by atoms with Crippen LogP contribution in [0, 0.1) is 0 Å². The predicted molar refractivity (Wildman–Crippen MR) is 110 cm³/mol. The lowest BCUT2D eigenvalue weighted by atomic mass is 9.99. The first kappa shape index (κ1) is 22.9. The summed E-state index contributed by atoms with van der Waals surface area (Å²) in [7, 11) is 1.87. The van der Waals surface area contributed by atoms with Crippen molar-refractivity contribution in [3.8, 4) is 0 Å². The minimum atomic E-state index is -0.259. The largest absolute Gasteiger partial charge is 0.381 e. The fourth-order valence-corrected chi connectivity index (χ4v) is 3.21. The van der Waals surface area contributed by atoms with Gasteiger partial charge in [0.1, 0.15) is 6.10 Å². The lowest BCUT2D eigenvalue weighted by Gasteiger charge is -2.15. The fraction of sp³-hybridized carbons (Fsp3) is 0.652. The Hall–Kier alpha value is -1.16. The summed E-state index contributed by atoms with van der Waals surface area (Å²) in [6, 6.07) is 9.86. The van der Waals surface area contributed by atoms with Gasteiger partial charge in [0.05, 0.1) is 6.10 Å². The van der Waals surface area contributed by atoms with Crippen LogP contribution in [0.1, 0.15) is 83.1 Å². The maximum Gasteiger partial charge on any atom is 0.108 e. The molecule has 1 unspecified atom stereocenters. The average Bonchev–Trinajstić information content (AvgIpc) is 2.68. The lowest BCUT2D eigenvalue weighted by molar-refractivity contribution is -0.261. The van der Waals surface area contributed by atoms with E-state index >= 15 is 0 Å². The Bertz CT molecular complexity index is 432. The molecule has 3 heteroatoms. The van der Waals surface area contributed by atoms with Crippen molar-refractivity contribution in [2.75, 3.05) is 7.11 Å². The number of methoxy groups -OCH3 is 1. The van der Waals surface area contributed by atoms with Crippen LogP contribution in [0.25, 0.3) is 6.08 Å². The van der Waals surface area contributed by atoms with Gasteiger partial charge in [0, 0.05) is 7.11 Å². The zero-order chi connectivity index (χ0) is 18.9. The van der Waals surface area contributed by atoms with Crippen LogP contribution in [0.3, 0.4) is 0 Å². The summed E-state index contributed by atoms with van der Waals surface area (Å²) < 4.78 is 5.50. The Labute approximate surface area is 160 Å². The standard InChI is InChI=1S/C13H26O.C10H12O2/c1-14-13-11-9-7-5-3-2-4-6-8-10-12-13;1-9(12-11)7-8-10-5-3-2-4-6-10/h13H,2-12H2,1H3;2-9,11H,1H3/b;8-7+. The third-order valence-corrected chi connectivity index (χ3v) is 4.91. The highest BCUT2D eigenvalue weighted by molar-refractivity contribution is 5.49. The molecule has 1 atom stereocenters. The molecule has 0 aliphatic heterocycles. The molecule has 1 aromatic rings. The molecule has 0 spiro atoms. The van der Waals surface area contributed by atoms with E-state index in [-0.39, 0.29) is 6.10 Å². The number of benzene rings is 1. The molecule has 1 N–H and O–H groups in total. The molecule has 1 fully saturated rings. The molecule has 3 nitrogen and oxygen atoms in total. The van der Waals surface area contributed by atoms with E-state index in [0.717, 1.165) is 5.56 Å². The van der Waals surface area contributed by atoms with E-state index in [1.165, 1.54) is 70.6 Å². The van der Waals surface area contributed by atoms with Crippen LogP contribution in [0.5, 0.6) is 0 Å². The highest BCUT2D eigenvalue weighted by Crippen LogP contribution is 2.18. The summed E-state index contributed by atoms with van der Waals surface area (Å²) in [5, 5.41) is 8.26. The van der Waals surface area contributed by atoms with Crippen molar-refractivity contribution in [3.63, 3.8) is 0 Å². The second-order valence-corrected chi connectivity index (χ2v) is 7.20. The van der Waals surface area contributed by atoms with Gasteiger partial charge in [-0.05, 0) is 25.3 Å². The number of ether oxygens (including phenoxy) is 1. The summed E-state index contributed by atoms with van der Waals surface area (Å²) in [5.41, 5.74) is 1.10. The van der Waals surface area contributed by atoms with Crippen LogP contribution in [-0.4, -0.2) is 24.6 Å². The molecular formula is C23H38O3. The zero-order valence-corrected chi connectivity index (χ0v) is 16.7. The van der Waals surface area contributed by atoms with Crippen LogP contribution >= 0.6 is 0 Å². The fourth-order valence-electron chi connectivity index (χ4n) is 3.21. The van der Waals surface area contributed by atoms with Crippen molar-refractivity contribution in [1.29, 1.82) is 0 Å². The van der Waals surface area contributed by atoms with Crippen LogP contribution in [-0.2, 0) is 9.62 Å². The molecule has 0 aromatic heterocycles. The van der Waals surface area contributed by atoms with Crippen molar-refractivity contribution in [2.45, 2.75) is 89.8 Å². The molecule has 0 heterocycles. The Kier molecular flexibility index (Phi) is 14.1. The van der Waals surface area contributed by atoms with E-state index in [1.54, 1.807) is 13.0 Å². The number of hydrogen-bond acceptors (Lipinski definition) is 3. The lowest BCUT2D eigenvalue weighted by Crippen LogP contribution is -2.10. The van der Waals surface area contributed by atoms with Crippen molar-refractivity contribution < 1.29 is 14.9 Å². The monoisotopic (exact) mass is 362 g/mol. The first-order chi connectivity index (χ1) is 12.8. The summed E-state index contributed by atoms with van der Waals surface area (Å²) in [6.07, 6.45) is 19.4. The van der Waals surface area contributed by atoms with Crippen molar-refractivity contribution in [3.05, 3.63) is 42.0 Å². The molecule has 0 saturated heterocycles. The van der Waals surface area contributed by atoms with Crippen molar-refractivity contribution in [2.24, 2.45) is 0 Å². The first-order valence-electron chi connectivity index (χ1n) is 10.3. The number of hydrogen-bond donors (Lipinski definition) is 1. The van der Waals surface area contributed by atoms with Gasteiger partial charge in [-0.3, -0.25) is 5.26 Å². The van der Waals surface area contributed by atoms with E-state index < -0.39 is 0 Å². The van der Waals surface area contributed by atoms with E-state index in [1.807, 2.05) is 43.5 Å². The van der Waals surface area contributed by atoms with Gasteiger partial charge in [-0.25, -0.2) is 4.89 Å². The SMILES string of the molecule is CC(/C=C/c1ccccc1)OO.COC1CCCCCCCCCCC1. The molecule has 1 saturated carbocycles. The molecule has 2 rings (SSSR count). The molecule has 1 aromatic carbocycles. The second kappa shape index (κ2) is 16.0. The van der Waals surface area contributed by atoms with Gasteiger partial charge < -0.3 is 4.74 Å². The third kappa shape index (κ3) is 12.2. The minimum absolute atomic E-state index is 0.259. The van der Waals surface area contributed by atoms with Crippen LogP contribution in [0.15, 0.2) is 36.4 Å². The highest BCUT2D eigenvalue weighted by atomic mass is 17.1. The maximum atomic E-state index is 8.26. The third-order valence-electron chi connectivity index (χ3n) is 4.91. The molecule has 0 bridgehead atoms. The zero-order valence-electron chi connectivity index (χ0n) is 16.7. The van der Waals surface area contributed by atoms with Crippen molar-refractivity contribution >= 4 is 6.08 Å². The van der Waals surface area contributed by atoms with Crippen LogP contribution in [0.2, 0.25) is 0 Å². The van der Waals surface area contributed by atoms with Gasteiger partial charge in [-0.1, -0.05) is 100 Å². The second-order valence-electron chi connectivity index (χ2n) is 7.20. The van der Waals surface area contributed by atoms with Crippen LogP contribution in [0.4, 0.5) is 0 Å².